The number of aromatic amines is 1. The van der Waals surface area contributed by atoms with Crippen LogP contribution in [-0.2, 0) is 16.8 Å². The van der Waals surface area contributed by atoms with Crippen molar-refractivity contribution in [3.63, 3.8) is 0 Å². The third kappa shape index (κ3) is 2.90. The van der Waals surface area contributed by atoms with Crippen LogP contribution in [0.4, 0.5) is 0 Å². The first kappa shape index (κ1) is 16.8. The van der Waals surface area contributed by atoms with Gasteiger partial charge < -0.3 is 24.9 Å². The molecule has 2 aromatic rings. The van der Waals surface area contributed by atoms with Gasteiger partial charge in [0.15, 0.2) is 5.76 Å². The number of rotatable bonds is 3. The molecule has 0 saturated carbocycles. The summed E-state index contributed by atoms with van der Waals surface area (Å²) < 4.78 is 5.07. The average Bonchev–Trinajstić information content (AvgIpc) is 3.34. The highest BCUT2D eigenvalue weighted by molar-refractivity contribution is 5.95. The molecule has 1 fully saturated rings. The first-order valence-corrected chi connectivity index (χ1v) is 9.00. The predicted octanol–water partition coefficient (Wildman–Crippen LogP) is 0.785. The van der Waals surface area contributed by atoms with Crippen molar-refractivity contribution in [2.24, 2.45) is 0 Å². The number of fused-ring (bicyclic) bond motifs is 2. The smallest absolute Gasteiger partial charge is 0.287 e. The molecule has 1 atom stereocenters. The van der Waals surface area contributed by atoms with Crippen molar-refractivity contribution in [2.45, 2.75) is 37.8 Å². The largest absolute Gasteiger partial charge is 0.459 e. The molecule has 0 radical (unpaired) electrons. The molecule has 8 heteroatoms. The van der Waals surface area contributed by atoms with E-state index in [1.54, 1.807) is 25.4 Å². The molecule has 4 heterocycles. The van der Waals surface area contributed by atoms with Crippen molar-refractivity contribution in [3.05, 3.63) is 41.9 Å². The minimum atomic E-state index is -0.595. The molecule has 26 heavy (non-hydrogen) atoms. The van der Waals surface area contributed by atoms with Crippen LogP contribution in [-0.4, -0.2) is 52.4 Å². The van der Waals surface area contributed by atoms with E-state index in [0.29, 0.717) is 13.1 Å². The summed E-state index contributed by atoms with van der Waals surface area (Å²) in [6.45, 7) is 3.90. The van der Waals surface area contributed by atoms with Crippen molar-refractivity contribution < 1.29 is 14.0 Å². The van der Waals surface area contributed by atoms with Gasteiger partial charge in [0, 0.05) is 31.7 Å². The number of carbonyl (C=O) groups excluding carboxylic acids is 2. The summed E-state index contributed by atoms with van der Waals surface area (Å²) in [5.74, 6) is -0.239. The Morgan fingerprint density at radius 1 is 1.38 bits per heavy atom. The molecule has 4 rings (SSSR count). The van der Waals surface area contributed by atoms with E-state index in [1.807, 2.05) is 4.90 Å². The Hall–Kier alpha value is -2.61. The zero-order valence-corrected chi connectivity index (χ0v) is 14.7. The molecule has 0 aliphatic carbocycles. The highest BCUT2D eigenvalue weighted by atomic mass is 16.3. The van der Waals surface area contributed by atoms with Crippen LogP contribution in [0.25, 0.3) is 0 Å². The van der Waals surface area contributed by atoms with Gasteiger partial charge in [-0.2, -0.15) is 0 Å². The standard InChI is InChI=1S/C18H23N5O3/c1-12(22-16(24)14-3-2-10-26-14)17(25)23-8-5-18(6-9-23)15-13(4-7-21-18)19-11-20-15/h2-3,10-12,21H,4-9H2,1H3,(H,19,20)(H,22,24)/t12-/m0/s1. The fourth-order valence-electron chi connectivity index (χ4n) is 3.97. The quantitative estimate of drug-likeness (QED) is 0.753. The summed E-state index contributed by atoms with van der Waals surface area (Å²) in [4.78, 5) is 34.3. The number of aromatic nitrogens is 2. The van der Waals surface area contributed by atoms with Crippen LogP contribution in [0.2, 0.25) is 0 Å². The number of piperidine rings is 1. The second-order valence-electron chi connectivity index (χ2n) is 6.99. The van der Waals surface area contributed by atoms with Crippen molar-refractivity contribution in [1.82, 2.24) is 25.5 Å². The number of amides is 2. The number of carbonyl (C=O) groups is 2. The summed E-state index contributed by atoms with van der Waals surface area (Å²) >= 11 is 0. The van der Waals surface area contributed by atoms with E-state index in [2.05, 4.69) is 20.6 Å². The first-order chi connectivity index (χ1) is 12.6. The Morgan fingerprint density at radius 2 is 2.19 bits per heavy atom. The summed E-state index contributed by atoms with van der Waals surface area (Å²) in [6.07, 6.45) is 5.77. The van der Waals surface area contributed by atoms with Crippen LogP contribution >= 0.6 is 0 Å². The molecular formula is C18H23N5O3. The maximum atomic E-state index is 12.7. The molecule has 8 nitrogen and oxygen atoms in total. The van der Waals surface area contributed by atoms with Gasteiger partial charge in [-0.15, -0.1) is 0 Å². The molecule has 0 unspecified atom stereocenters. The van der Waals surface area contributed by atoms with Crippen molar-refractivity contribution in [2.75, 3.05) is 19.6 Å². The number of likely N-dealkylation sites (tertiary alicyclic amines) is 1. The number of nitrogens with zero attached hydrogens (tertiary/aromatic N) is 2. The minimum absolute atomic E-state index is 0.0715. The molecule has 2 aromatic heterocycles. The number of H-pyrrole nitrogens is 1. The molecule has 1 saturated heterocycles. The van der Waals surface area contributed by atoms with Gasteiger partial charge in [0.1, 0.15) is 6.04 Å². The van der Waals surface area contributed by atoms with Crippen LogP contribution in [0.15, 0.2) is 29.1 Å². The number of hydrogen-bond donors (Lipinski definition) is 3. The summed E-state index contributed by atoms with van der Waals surface area (Å²) in [7, 11) is 0. The van der Waals surface area contributed by atoms with E-state index in [4.69, 9.17) is 4.42 Å². The van der Waals surface area contributed by atoms with E-state index >= 15 is 0 Å². The summed E-state index contributed by atoms with van der Waals surface area (Å²) in [5, 5.41) is 6.32. The van der Waals surface area contributed by atoms with Gasteiger partial charge in [0.05, 0.1) is 23.8 Å². The minimum Gasteiger partial charge on any atom is -0.459 e. The van der Waals surface area contributed by atoms with Gasteiger partial charge in [-0.1, -0.05) is 0 Å². The van der Waals surface area contributed by atoms with E-state index < -0.39 is 6.04 Å². The van der Waals surface area contributed by atoms with Crippen LogP contribution in [0.1, 0.15) is 41.7 Å². The number of hydrogen-bond acceptors (Lipinski definition) is 5. The van der Waals surface area contributed by atoms with E-state index in [1.165, 1.54) is 12.0 Å². The van der Waals surface area contributed by atoms with Crippen molar-refractivity contribution in [3.8, 4) is 0 Å². The maximum Gasteiger partial charge on any atom is 0.287 e. The average molecular weight is 357 g/mol. The fourth-order valence-corrected chi connectivity index (χ4v) is 3.97. The lowest BCUT2D eigenvalue weighted by atomic mass is 9.80. The molecule has 0 bridgehead atoms. The van der Waals surface area contributed by atoms with Crippen LogP contribution in [0.5, 0.6) is 0 Å². The normalized spacial score (nSPS) is 19.8. The Labute approximate surface area is 151 Å². The highest BCUT2D eigenvalue weighted by Gasteiger charge is 2.42. The SMILES string of the molecule is C[C@H](NC(=O)c1ccco1)C(=O)N1CCC2(CC1)NCCc1[nH]cnc12. The molecule has 2 aliphatic heterocycles. The first-order valence-electron chi connectivity index (χ1n) is 9.00. The second kappa shape index (κ2) is 6.60. The third-order valence-corrected chi connectivity index (χ3v) is 5.40. The number of furan rings is 1. The highest BCUT2D eigenvalue weighted by Crippen LogP contribution is 2.35. The molecule has 2 amide bonds. The summed E-state index contributed by atoms with van der Waals surface area (Å²) in [5.41, 5.74) is 2.14. The molecule has 138 valence electrons. The topological polar surface area (TPSA) is 103 Å². The lowest BCUT2D eigenvalue weighted by molar-refractivity contribution is -0.134. The molecule has 0 aromatic carbocycles. The lowest BCUT2D eigenvalue weighted by Gasteiger charge is -2.44. The number of nitrogens with one attached hydrogen (secondary N) is 3. The predicted molar refractivity (Wildman–Crippen MR) is 93.4 cm³/mol. The summed E-state index contributed by atoms with van der Waals surface area (Å²) in [6, 6.07) is 2.63. The van der Waals surface area contributed by atoms with Crippen LogP contribution < -0.4 is 10.6 Å². The van der Waals surface area contributed by atoms with Gasteiger partial charge in [0.2, 0.25) is 5.91 Å². The zero-order valence-electron chi connectivity index (χ0n) is 14.7. The third-order valence-electron chi connectivity index (χ3n) is 5.40. The zero-order chi connectivity index (χ0) is 18.1. The Bertz CT molecular complexity index is 790. The van der Waals surface area contributed by atoms with Gasteiger partial charge in [-0.05, 0) is 31.9 Å². The second-order valence-corrected chi connectivity index (χ2v) is 6.99. The van der Waals surface area contributed by atoms with E-state index in [-0.39, 0.29) is 23.1 Å². The van der Waals surface area contributed by atoms with Gasteiger partial charge in [-0.3, -0.25) is 9.59 Å². The van der Waals surface area contributed by atoms with Crippen LogP contribution in [0.3, 0.4) is 0 Å². The monoisotopic (exact) mass is 357 g/mol. The number of imidazole rings is 1. The Morgan fingerprint density at radius 3 is 2.92 bits per heavy atom. The van der Waals surface area contributed by atoms with E-state index in [0.717, 1.165) is 31.5 Å². The van der Waals surface area contributed by atoms with Crippen molar-refractivity contribution >= 4 is 11.8 Å². The Kier molecular flexibility index (Phi) is 4.28. The van der Waals surface area contributed by atoms with Gasteiger partial charge in [0.25, 0.3) is 5.91 Å². The lowest BCUT2D eigenvalue weighted by Crippen LogP contribution is -2.57. The van der Waals surface area contributed by atoms with Crippen LogP contribution in [0, 0.1) is 0 Å². The Balaban J connectivity index is 1.38. The molecular weight excluding hydrogens is 334 g/mol. The maximum absolute atomic E-state index is 12.7. The van der Waals surface area contributed by atoms with Gasteiger partial charge in [-0.25, -0.2) is 4.98 Å². The van der Waals surface area contributed by atoms with E-state index in [9.17, 15) is 9.59 Å². The fraction of sp³-hybridized carbons (Fsp3) is 0.500. The molecule has 2 aliphatic rings. The molecule has 3 N–H and O–H groups in total. The van der Waals surface area contributed by atoms with Crippen molar-refractivity contribution in [1.29, 1.82) is 0 Å². The van der Waals surface area contributed by atoms with Gasteiger partial charge >= 0.3 is 0 Å². The molecule has 1 spiro atoms.